The van der Waals surface area contributed by atoms with Crippen LogP contribution in [0.25, 0.3) is 0 Å². The van der Waals surface area contributed by atoms with E-state index in [0.29, 0.717) is 6.42 Å². The van der Waals surface area contributed by atoms with Crippen molar-refractivity contribution < 1.29 is 34.1 Å². The molecule has 194 valence electrons. The third-order valence-corrected chi connectivity index (χ3v) is 6.74. The van der Waals surface area contributed by atoms with Gasteiger partial charge in [-0.2, -0.15) is 0 Å². The molecule has 0 spiro atoms. The first-order valence-corrected chi connectivity index (χ1v) is 12.4. The van der Waals surface area contributed by atoms with E-state index in [1.165, 1.54) is 20.1 Å². The third kappa shape index (κ3) is 9.08. The molecular formula is C27H44O7. The molecule has 34 heavy (non-hydrogen) atoms. The minimum atomic E-state index is -1.68. The van der Waals surface area contributed by atoms with Gasteiger partial charge in [0.25, 0.3) is 0 Å². The molecule has 0 saturated heterocycles. The van der Waals surface area contributed by atoms with Crippen LogP contribution in [0.3, 0.4) is 0 Å². The summed E-state index contributed by atoms with van der Waals surface area (Å²) < 4.78 is 11.1. The Labute approximate surface area is 204 Å². The first-order valence-electron chi connectivity index (χ1n) is 12.4. The van der Waals surface area contributed by atoms with Gasteiger partial charge in [0.2, 0.25) is 0 Å². The Morgan fingerprint density at radius 1 is 1.21 bits per heavy atom. The molecule has 7 heteroatoms. The van der Waals surface area contributed by atoms with Gasteiger partial charge in [-0.15, -0.1) is 0 Å². The van der Waals surface area contributed by atoms with Crippen molar-refractivity contribution >= 4 is 17.5 Å². The van der Waals surface area contributed by atoms with Gasteiger partial charge in [0.15, 0.2) is 6.10 Å². The second-order valence-corrected chi connectivity index (χ2v) is 9.86. The van der Waals surface area contributed by atoms with Gasteiger partial charge in [0, 0.05) is 25.4 Å². The van der Waals surface area contributed by atoms with Crippen LogP contribution in [0, 0.1) is 23.7 Å². The number of ketones is 2. The molecule has 0 radical (unpaired) electrons. The normalized spacial score (nSPS) is 30.8. The van der Waals surface area contributed by atoms with Crippen molar-refractivity contribution in [3.8, 4) is 0 Å². The summed E-state index contributed by atoms with van der Waals surface area (Å²) in [7, 11) is 1.51. The molecule has 0 amide bonds. The van der Waals surface area contributed by atoms with E-state index >= 15 is 0 Å². The minimum Gasteiger partial charge on any atom is -0.456 e. The van der Waals surface area contributed by atoms with Crippen LogP contribution < -0.4 is 0 Å². The van der Waals surface area contributed by atoms with Crippen LogP contribution in [0.15, 0.2) is 23.8 Å². The molecule has 0 aliphatic carbocycles. The molecule has 0 aromatic heterocycles. The van der Waals surface area contributed by atoms with E-state index in [1.54, 1.807) is 13.0 Å². The van der Waals surface area contributed by atoms with Crippen molar-refractivity contribution in [1.82, 2.24) is 0 Å². The average molecular weight is 481 g/mol. The van der Waals surface area contributed by atoms with Crippen molar-refractivity contribution in [2.24, 2.45) is 23.7 Å². The lowest BCUT2D eigenvalue weighted by atomic mass is 9.83. The lowest BCUT2D eigenvalue weighted by Crippen LogP contribution is -2.39. The lowest BCUT2D eigenvalue weighted by Gasteiger charge is -2.29. The Hall–Kier alpha value is -1.83. The van der Waals surface area contributed by atoms with Crippen LogP contribution >= 0.6 is 0 Å². The standard InChI is InChI=1S/C27H44O7/c1-8-21(23(33-7)15-20(6)28)24(30)18(4)14-19(5)26-17(3)11-9-10-16(2)12-13-22(29)25(31)27(32)34-26/h12-14,16-18,21-23,25-26,29,31H,8-11,15H2,1-7H3/b13-12+,19-14+. The fraction of sp³-hybridized carbons (Fsp3) is 0.741. The molecule has 0 fully saturated rings. The summed E-state index contributed by atoms with van der Waals surface area (Å²) in [5.74, 6) is -1.66. The number of aliphatic hydroxyl groups excluding tert-OH is 2. The van der Waals surface area contributed by atoms with Crippen LogP contribution in [0.5, 0.6) is 0 Å². The van der Waals surface area contributed by atoms with Crippen molar-refractivity contribution in [2.45, 2.75) is 98.1 Å². The van der Waals surface area contributed by atoms with Crippen molar-refractivity contribution in [3.63, 3.8) is 0 Å². The number of carbonyl (C=O) groups is 3. The van der Waals surface area contributed by atoms with Crippen molar-refractivity contribution in [2.75, 3.05) is 7.11 Å². The highest BCUT2D eigenvalue weighted by Crippen LogP contribution is 2.27. The number of allylic oxidation sites excluding steroid dienone is 2. The second-order valence-electron chi connectivity index (χ2n) is 9.86. The SMILES string of the molecule is CCC(C(=O)C(C)/C=C(\C)C1OC(=O)C(O)C(O)/C=C/C(C)CCCC1C)C(CC(C)=O)OC. The Balaban J connectivity index is 3.14. The van der Waals surface area contributed by atoms with Gasteiger partial charge in [-0.3, -0.25) is 9.59 Å². The maximum Gasteiger partial charge on any atom is 0.338 e. The van der Waals surface area contributed by atoms with Gasteiger partial charge >= 0.3 is 5.97 Å². The molecule has 1 heterocycles. The summed E-state index contributed by atoms with van der Waals surface area (Å²) >= 11 is 0. The van der Waals surface area contributed by atoms with Gasteiger partial charge < -0.3 is 19.7 Å². The number of cyclic esters (lactones) is 1. The predicted octanol–water partition coefficient (Wildman–Crippen LogP) is 3.80. The lowest BCUT2D eigenvalue weighted by molar-refractivity contribution is -0.164. The Bertz CT molecular complexity index is 741. The smallest absolute Gasteiger partial charge is 0.338 e. The van der Waals surface area contributed by atoms with Crippen molar-refractivity contribution in [1.29, 1.82) is 0 Å². The molecule has 1 aliphatic rings. The Morgan fingerprint density at radius 2 is 1.85 bits per heavy atom. The van der Waals surface area contributed by atoms with E-state index in [4.69, 9.17) is 9.47 Å². The molecule has 7 nitrogen and oxygen atoms in total. The number of hydrogen-bond donors (Lipinski definition) is 2. The number of esters is 1. The van der Waals surface area contributed by atoms with Gasteiger partial charge in [-0.05, 0) is 50.5 Å². The largest absolute Gasteiger partial charge is 0.456 e. The number of ether oxygens (including phenoxy) is 2. The minimum absolute atomic E-state index is 0.0310. The Kier molecular flexibility index (Phi) is 12.9. The highest BCUT2D eigenvalue weighted by Gasteiger charge is 2.33. The van der Waals surface area contributed by atoms with Crippen LogP contribution in [0.1, 0.15) is 73.6 Å². The zero-order valence-corrected chi connectivity index (χ0v) is 21.8. The quantitative estimate of drug-likeness (QED) is 0.381. The molecule has 0 aromatic rings. The van der Waals surface area contributed by atoms with Crippen LogP contribution in [-0.4, -0.2) is 59.3 Å². The molecule has 2 N–H and O–H groups in total. The zero-order chi connectivity index (χ0) is 26.0. The van der Waals surface area contributed by atoms with Crippen molar-refractivity contribution in [3.05, 3.63) is 23.8 Å². The fourth-order valence-electron chi connectivity index (χ4n) is 4.64. The maximum absolute atomic E-state index is 13.2. The molecule has 1 aliphatic heterocycles. The van der Waals surface area contributed by atoms with E-state index < -0.39 is 42.2 Å². The summed E-state index contributed by atoms with van der Waals surface area (Å²) in [6, 6.07) is 0. The number of methoxy groups -OCH3 is 1. The third-order valence-electron chi connectivity index (χ3n) is 6.74. The van der Waals surface area contributed by atoms with Gasteiger partial charge in [0.05, 0.1) is 6.10 Å². The van der Waals surface area contributed by atoms with Gasteiger partial charge in [-0.25, -0.2) is 4.79 Å². The highest BCUT2D eigenvalue weighted by atomic mass is 16.6. The van der Waals surface area contributed by atoms with Crippen LogP contribution in [0.4, 0.5) is 0 Å². The Morgan fingerprint density at radius 3 is 2.41 bits per heavy atom. The summed E-state index contributed by atoms with van der Waals surface area (Å²) in [5.41, 5.74) is 0.722. The first-order chi connectivity index (χ1) is 15.9. The number of rotatable bonds is 9. The van der Waals surface area contributed by atoms with E-state index in [0.717, 1.165) is 24.8 Å². The highest BCUT2D eigenvalue weighted by molar-refractivity contribution is 5.86. The van der Waals surface area contributed by atoms with E-state index in [-0.39, 0.29) is 29.8 Å². The molecular weight excluding hydrogens is 436 g/mol. The van der Waals surface area contributed by atoms with E-state index in [1.807, 2.05) is 33.8 Å². The average Bonchev–Trinajstić information content (AvgIpc) is 2.78. The van der Waals surface area contributed by atoms with E-state index in [9.17, 15) is 24.6 Å². The van der Waals surface area contributed by atoms with Crippen LogP contribution in [-0.2, 0) is 23.9 Å². The monoisotopic (exact) mass is 480 g/mol. The fourth-order valence-corrected chi connectivity index (χ4v) is 4.64. The topological polar surface area (TPSA) is 110 Å². The number of carbonyl (C=O) groups excluding carboxylic acids is 3. The molecule has 1 rings (SSSR count). The number of Topliss-reactive ketones (excluding diaryl/α,β-unsaturated/α-hetero) is 2. The maximum atomic E-state index is 13.2. The van der Waals surface area contributed by atoms with Gasteiger partial charge in [-0.1, -0.05) is 52.3 Å². The molecule has 8 atom stereocenters. The molecule has 0 bridgehead atoms. The second kappa shape index (κ2) is 14.5. The van der Waals surface area contributed by atoms with Gasteiger partial charge in [0.1, 0.15) is 23.8 Å². The summed E-state index contributed by atoms with van der Waals surface area (Å²) in [6.45, 7) is 11.0. The molecule has 8 unspecified atom stereocenters. The number of aliphatic hydroxyl groups is 2. The summed E-state index contributed by atoms with van der Waals surface area (Å²) in [6.07, 6.45) is 4.30. The first kappa shape index (κ1) is 30.2. The number of hydrogen-bond acceptors (Lipinski definition) is 7. The predicted molar refractivity (Wildman–Crippen MR) is 131 cm³/mol. The molecule has 0 saturated carbocycles. The van der Waals surface area contributed by atoms with E-state index in [2.05, 4.69) is 0 Å². The summed E-state index contributed by atoms with van der Waals surface area (Å²) in [5, 5.41) is 20.4. The zero-order valence-electron chi connectivity index (χ0n) is 21.8. The molecule has 0 aromatic carbocycles. The van der Waals surface area contributed by atoms with Crippen LogP contribution in [0.2, 0.25) is 0 Å². The summed E-state index contributed by atoms with van der Waals surface area (Å²) in [4.78, 5) is 37.4.